The Labute approximate surface area is 187 Å². The second kappa shape index (κ2) is 9.56. The van der Waals surface area contributed by atoms with Gasteiger partial charge in [-0.25, -0.2) is 4.79 Å². The molecule has 0 fully saturated rings. The Hall–Kier alpha value is -3.79. The first kappa shape index (κ1) is 21.4. The van der Waals surface area contributed by atoms with Crippen LogP contribution in [-0.2, 0) is 6.18 Å². The maximum Gasteiger partial charge on any atom is 0.417 e. The molecule has 0 aliphatic heterocycles. The summed E-state index contributed by atoms with van der Waals surface area (Å²) in [7, 11) is 1.44. The number of anilines is 2. The number of rotatable bonds is 5. The fourth-order valence-corrected chi connectivity index (χ4v) is 2.76. The molecule has 3 aromatic rings. The predicted octanol–water partition coefficient (Wildman–Crippen LogP) is 5.55. The molecule has 3 N–H and O–H groups in total. The number of ether oxygens (including phenoxy) is 1. The van der Waals surface area contributed by atoms with Gasteiger partial charge in [0, 0.05) is 30.7 Å². The smallest absolute Gasteiger partial charge is 0.417 e. The van der Waals surface area contributed by atoms with Crippen LogP contribution < -0.4 is 20.7 Å². The van der Waals surface area contributed by atoms with Crippen molar-refractivity contribution in [2.45, 2.75) is 6.18 Å². The summed E-state index contributed by atoms with van der Waals surface area (Å²) in [4.78, 5) is 27.7. The number of hydrogen-bond donors (Lipinski definition) is 3. The van der Waals surface area contributed by atoms with E-state index in [4.69, 9.17) is 17.7 Å². The first-order valence-corrected chi connectivity index (χ1v) is 9.36. The number of urea groups is 1. The number of nitrogens with zero attached hydrogens (tertiary/aromatic N) is 1. The van der Waals surface area contributed by atoms with Crippen molar-refractivity contribution in [1.29, 1.82) is 0 Å². The molecule has 11 heteroatoms. The standard InChI is InChI=1S/C21H16ClF3N4O3/c1-26-19(30)18-11-15(8-9-27-18)32-14-5-2-12(3-6-14)28-20(31)29-13-4-7-17(22)16(10-13)21(23,24)25/h2-11H,1H3,(H,26,30)(H2,28,29,31)/i9D. The van der Waals surface area contributed by atoms with Gasteiger partial charge in [-0.3, -0.25) is 9.78 Å². The molecular formula is C21H16ClF3N4O3. The third kappa shape index (κ3) is 5.88. The van der Waals surface area contributed by atoms with Crippen LogP contribution in [0, 0.1) is 0 Å². The highest BCUT2D eigenvalue weighted by Crippen LogP contribution is 2.36. The van der Waals surface area contributed by atoms with E-state index in [1.54, 1.807) is 0 Å². The SMILES string of the molecule is [2H]c1cc(Oc2ccc(NC(=O)Nc3ccc(Cl)c(C(F)(F)F)c3)cc2)cc(C(=O)NC)n1. The molecular weight excluding hydrogens is 449 g/mol. The molecule has 0 saturated carbocycles. The maximum atomic E-state index is 13.0. The van der Waals surface area contributed by atoms with Crippen molar-refractivity contribution >= 4 is 34.9 Å². The molecule has 0 unspecified atom stereocenters. The number of pyridine rings is 1. The Morgan fingerprint density at radius 3 is 2.31 bits per heavy atom. The normalized spacial score (nSPS) is 11.3. The average molecular weight is 466 g/mol. The minimum atomic E-state index is -4.66. The molecule has 32 heavy (non-hydrogen) atoms. The van der Waals surface area contributed by atoms with Crippen LogP contribution in [0.1, 0.15) is 17.4 Å². The van der Waals surface area contributed by atoms with Gasteiger partial charge in [-0.1, -0.05) is 11.6 Å². The van der Waals surface area contributed by atoms with Crippen LogP contribution in [0.2, 0.25) is 5.02 Å². The highest BCUT2D eigenvalue weighted by molar-refractivity contribution is 6.31. The number of amides is 3. The van der Waals surface area contributed by atoms with Crippen molar-refractivity contribution < 1.29 is 28.9 Å². The molecule has 1 aromatic heterocycles. The van der Waals surface area contributed by atoms with Gasteiger partial charge in [0.25, 0.3) is 5.91 Å². The van der Waals surface area contributed by atoms with Crippen LogP contribution in [-0.4, -0.2) is 24.0 Å². The van der Waals surface area contributed by atoms with Gasteiger partial charge >= 0.3 is 12.2 Å². The summed E-state index contributed by atoms with van der Waals surface area (Å²) in [5.74, 6) is 0.0970. The van der Waals surface area contributed by atoms with Crippen LogP contribution in [0.25, 0.3) is 0 Å². The lowest BCUT2D eigenvalue weighted by atomic mass is 10.2. The van der Waals surface area contributed by atoms with Gasteiger partial charge in [-0.2, -0.15) is 13.2 Å². The summed E-state index contributed by atoms with van der Waals surface area (Å²) in [6, 6.07) is 11.0. The monoisotopic (exact) mass is 465 g/mol. The fraction of sp³-hybridized carbons (Fsp3) is 0.0952. The number of carbonyl (C=O) groups excluding carboxylic acids is 2. The van der Waals surface area contributed by atoms with Crippen LogP contribution in [0.5, 0.6) is 11.5 Å². The Morgan fingerprint density at radius 2 is 1.66 bits per heavy atom. The zero-order valence-corrected chi connectivity index (χ0v) is 17.1. The van der Waals surface area contributed by atoms with E-state index in [0.29, 0.717) is 11.4 Å². The summed E-state index contributed by atoms with van der Waals surface area (Å²) in [5, 5.41) is 6.72. The lowest BCUT2D eigenvalue weighted by Gasteiger charge is -2.12. The zero-order valence-electron chi connectivity index (χ0n) is 17.4. The molecule has 0 spiro atoms. The van der Waals surface area contributed by atoms with E-state index in [1.807, 2.05) is 0 Å². The highest BCUT2D eigenvalue weighted by Gasteiger charge is 2.33. The minimum Gasteiger partial charge on any atom is -0.457 e. The highest BCUT2D eigenvalue weighted by atomic mass is 35.5. The van der Waals surface area contributed by atoms with E-state index in [9.17, 15) is 22.8 Å². The first-order chi connectivity index (χ1) is 15.5. The molecule has 2 aromatic carbocycles. The van der Waals surface area contributed by atoms with E-state index in [2.05, 4.69) is 20.9 Å². The Balaban J connectivity index is 1.65. The lowest BCUT2D eigenvalue weighted by molar-refractivity contribution is -0.137. The van der Waals surface area contributed by atoms with Gasteiger partial charge in [0.15, 0.2) is 0 Å². The largest absolute Gasteiger partial charge is 0.457 e. The summed E-state index contributed by atoms with van der Waals surface area (Å²) >= 11 is 5.57. The molecule has 0 aliphatic rings. The Morgan fingerprint density at radius 1 is 1.00 bits per heavy atom. The molecule has 7 nitrogen and oxygen atoms in total. The van der Waals surface area contributed by atoms with Crippen LogP contribution in [0.15, 0.2) is 60.8 Å². The number of nitrogens with one attached hydrogen (secondary N) is 3. The zero-order chi connectivity index (χ0) is 24.2. The topological polar surface area (TPSA) is 92.4 Å². The van der Waals surface area contributed by atoms with Gasteiger partial charge in [0.05, 0.1) is 12.0 Å². The van der Waals surface area contributed by atoms with Crippen molar-refractivity contribution in [1.82, 2.24) is 10.3 Å². The summed E-state index contributed by atoms with van der Waals surface area (Å²) in [5.41, 5.74) is -0.785. The molecule has 3 rings (SSSR count). The maximum absolute atomic E-state index is 13.0. The van der Waals surface area contributed by atoms with Crippen molar-refractivity contribution in [2.75, 3.05) is 17.7 Å². The van der Waals surface area contributed by atoms with E-state index < -0.39 is 28.7 Å². The summed E-state index contributed by atoms with van der Waals surface area (Å²) < 4.78 is 52.1. The Bertz CT molecular complexity index is 1190. The van der Waals surface area contributed by atoms with E-state index in [0.717, 1.165) is 12.1 Å². The first-order valence-electron chi connectivity index (χ1n) is 9.48. The number of halogens is 4. The molecule has 166 valence electrons. The van der Waals surface area contributed by atoms with Crippen molar-refractivity contribution in [3.05, 3.63) is 77.1 Å². The number of hydrogen-bond acceptors (Lipinski definition) is 4. The van der Waals surface area contributed by atoms with E-state index in [1.165, 1.54) is 49.5 Å². The summed E-state index contributed by atoms with van der Waals surface area (Å²) in [6.45, 7) is 0. The third-order valence-electron chi connectivity index (χ3n) is 4.01. The van der Waals surface area contributed by atoms with Crippen molar-refractivity contribution in [3.63, 3.8) is 0 Å². The van der Waals surface area contributed by atoms with Gasteiger partial charge < -0.3 is 20.7 Å². The average Bonchev–Trinajstić information content (AvgIpc) is 2.74. The fourth-order valence-electron chi connectivity index (χ4n) is 2.53. The minimum absolute atomic E-state index is 0.0193. The molecule has 1 heterocycles. The van der Waals surface area contributed by atoms with E-state index >= 15 is 0 Å². The second-order valence-corrected chi connectivity index (χ2v) is 6.70. The molecule has 0 aliphatic carbocycles. The molecule has 0 saturated heterocycles. The number of alkyl halides is 3. The molecule has 0 bridgehead atoms. The third-order valence-corrected chi connectivity index (χ3v) is 4.34. The second-order valence-electron chi connectivity index (χ2n) is 6.29. The number of aromatic nitrogens is 1. The van der Waals surface area contributed by atoms with Crippen LogP contribution in [0.4, 0.5) is 29.3 Å². The molecule has 0 radical (unpaired) electrons. The molecule has 0 atom stereocenters. The van der Waals surface area contributed by atoms with Gasteiger partial charge in [-0.05, 0) is 48.5 Å². The molecule has 3 amide bonds. The van der Waals surface area contributed by atoms with Gasteiger partial charge in [-0.15, -0.1) is 0 Å². The van der Waals surface area contributed by atoms with Gasteiger partial charge in [0.1, 0.15) is 17.2 Å². The van der Waals surface area contributed by atoms with E-state index in [-0.39, 0.29) is 23.3 Å². The van der Waals surface area contributed by atoms with Crippen LogP contribution in [0.3, 0.4) is 0 Å². The van der Waals surface area contributed by atoms with Gasteiger partial charge in [0.2, 0.25) is 0 Å². The number of benzene rings is 2. The van der Waals surface area contributed by atoms with Crippen molar-refractivity contribution in [2.24, 2.45) is 0 Å². The summed E-state index contributed by atoms with van der Waals surface area (Å²) in [6.07, 6.45) is -4.81. The number of carbonyl (C=O) groups is 2. The lowest BCUT2D eigenvalue weighted by Crippen LogP contribution is -2.19. The Kier molecular flexibility index (Phi) is 6.41. The van der Waals surface area contributed by atoms with Crippen molar-refractivity contribution in [3.8, 4) is 11.5 Å². The van der Waals surface area contributed by atoms with Crippen LogP contribution >= 0.6 is 11.6 Å². The predicted molar refractivity (Wildman–Crippen MR) is 113 cm³/mol. The quantitative estimate of drug-likeness (QED) is 0.460.